The highest BCUT2D eigenvalue weighted by Crippen LogP contribution is 2.47. The highest BCUT2D eigenvalue weighted by molar-refractivity contribution is 9.10. The maximum Gasteiger partial charge on any atom is 0.343 e. The SMILES string of the molecule is O=C(Oc1ccc([C@H]2Oc3ccccc3[C@@H]3CC(c4ccc(Br)cc4)=NN23)cc1)c1ccccc1. The summed E-state index contributed by atoms with van der Waals surface area (Å²) in [4.78, 5) is 12.4. The number of halogens is 1. The fraction of sp³-hybridized carbons (Fsp3) is 0.103. The number of rotatable bonds is 4. The molecule has 0 saturated carbocycles. The second-order valence-corrected chi connectivity index (χ2v) is 9.40. The van der Waals surface area contributed by atoms with Crippen molar-refractivity contribution < 1.29 is 14.3 Å². The molecule has 0 aromatic heterocycles. The maximum atomic E-state index is 12.4. The molecular weight excluding hydrogens is 504 g/mol. The summed E-state index contributed by atoms with van der Waals surface area (Å²) in [7, 11) is 0. The number of nitrogens with zero attached hydrogens (tertiary/aromatic N) is 2. The molecule has 4 aromatic rings. The number of benzene rings is 4. The third kappa shape index (κ3) is 4.21. The molecule has 0 radical (unpaired) electrons. The second kappa shape index (κ2) is 9.04. The van der Waals surface area contributed by atoms with Gasteiger partial charge in [0.15, 0.2) is 0 Å². The van der Waals surface area contributed by atoms with Crippen molar-refractivity contribution in [3.63, 3.8) is 0 Å². The Kier molecular flexibility index (Phi) is 5.58. The molecule has 6 rings (SSSR count). The van der Waals surface area contributed by atoms with Gasteiger partial charge < -0.3 is 9.47 Å². The van der Waals surface area contributed by atoms with Crippen molar-refractivity contribution in [3.05, 3.63) is 130 Å². The summed E-state index contributed by atoms with van der Waals surface area (Å²) in [6.07, 6.45) is 0.410. The van der Waals surface area contributed by atoms with Gasteiger partial charge in [0.1, 0.15) is 11.5 Å². The zero-order chi connectivity index (χ0) is 23.8. The summed E-state index contributed by atoms with van der Waals surface area (Å²) in [6.45, 7) is 0. The maximum absolute atomic E-state index is 12.4. The number of esters is 1. The van der Waals surface area contributed by atoms with E-state index in [0.29, 0.717) is 11.3 Å². The highest BCUT2D eigenvalue weighted by Gasteiger charge is 2.40. The number of fused-ring (bicyclic) bond motifs is 3. The molecule has 0 spiro atoms. The van der Waals surface area contributed by atoms with E-state index in [0.717, 1.165) is 39.0 Å². The van der Waals surface area contributed by atoms with Crippen molar-refractivity contribution >= 4 is 27.6 Å². The van der Waals surface area contributed by atoms with Crippen LogP contribution in [0.4, 0.5) is 0 Å². The van der Waals surface area contributed by atoms with Gasteiger partial charge in [-0.3, -0.25) is 0 Å². The van der Waals surface area contributed by atoms with Crippen LogP contribution in [0.5, 0.6) is 11.5 Å². The zero-order valence-corrected chi connectivity index (χ0v) is 20.3. The first-order valence-electron chi connectivity index (χ1n) is 11.4. The van der Waals surface area contributed by atoms with Crippen molar-refractivity contribution in [1.29, 1.82) is 0 Å². The number of hydrazone groups is 1. The predicted octanol–water partition coefficient (Wildman–Crippen LogP) is 6.91. The lowest BCUT2D eigenvalue weighted by Gasteiger charge is -2.38. The number of carbonyl (C=O) groups excluding carboxylic acids is 1. The molecule has 4 aromatic carbocycles. The molecule has 5 nitrogen and oxygen atoms in total. The molecule has 2 aliphatic heterocycles. The minimum atomic E-state index is -0.387. The van der Waals surface area contributed by atoms with E-state index in [1.54, 1.807) is 24.3 Å². The van der Waals surface area contributed by atoms with E-state index >= 15 is 0 Å². The van der Waals surface area contributed by atoms with Crippen LogP contribution in [0.1, 0.15) is 45.7 Å². The van der Waals surface area contributed by atoms with Gasteiger partial charge in [-0.15, -0.1) is 0 Å². The first-order chi connectivity index (χ1) is 17.2. The lowest BCUT2D eigenvalue weighted by atomic mass is 9.96. The predicted molar refractivity (Wildman–Crippen MR) is 138 cm³/mol. The third-order valence-electron chi connectivity index (χ3n) is 6.26. The lowest BCUT2D eigenvalue weighted by Crippen LogP contribution is -2.33. The molecule has 0 N–H and O–H groups in total. The van der Waals surface area contributed by atoms with Crippen LogP contribution in [-0.2, 0) is 0 Å². The van der Waals surface area contributed by atoms with Crippen LogP contribution in [0.15, 0.2) is 113 Å². The van der Waals surface area contributed by atoms with E-state index in [9.17, 15) is 4.79 Å². The molecule has 2 atom stereocenters. The Balaban J connectivity index is 1.29. The van der Waals surface area contributed by atoms with E-state index in [-0.39, 0.29) is 18.2 Å². The van der Waals surface area contributed by atoms with Gasteiger partial charge >= 0.3 is 5.97 Å². The van der Waals surface area contributed by atoms with Gasteiger partial charge in [0, 0.05) is 22.0 Å². The lowest BCUT2D eigenvalue weighted by molar-refractivity contribution is -0.0190. The molecule has 172 valence electrons. The normalized spacial score (nSPS) is 18.2. The van der Waals surface area contributed by atoms with E-state index in [2.05, 4.69) is 34.1 Å². The number of para-hydroxylation sites is 1. The van der Waals surface area contributed by atoms with Gasteiger partial charge in [-0.1, -0.05) is 64.5 Å². The monoisotopic (exact) mass is 524 g/mol. The van der Waals surface area contributed by atoms with Gasteiger partial charge in [-0.25, -0.2) is 9.80 Å². The number of ether oxygens (including phenoxy) is 2. The Morgan fingerprint density at radius 2 is 1.60 bits per heavy atom. The molecule has 0 amide bonds. The van der Waals surface area contributed by atoms with Crippen LogP contribution in [0.2, 0.25) is 0 Å². The van der Waals surface area contributed by atoms with Crippen LogP contribution in [-0.4, -0.2) is 16.7 Å². The second-order valence-electron chi connectivity index (χ2n) is 8.49. The summed E-state index contributed by atoms with van der Waals surface area (Å²) < 4.78 is 13.0. The summed E-state index contributed by atoms with van der Waals surface area (Å²) >= 11 is 3.51. The Hall–Kier alpha value is -3.90. The molecule has 2 aliphatic rings. The van der Waals surface area contributed by atoms with Crippen molar-refractivity contribution in [2.24, 2.45) is 5.10 Å². The summed E-state index contributed by atoms with van der Waals surface area (Å²) in [6, 6.07) is 32.9. The van der Waals surface area contributed by atoms with Crippen molar-refractivity contribution in [3.8, 4) is 11.5 Å². The summed E-state index contributed by atoms with van der Waals surface area (Å²) in [5.74, 6) is 0.964. The van der Waals surface area contributed by atoms with Gasteiger partial charge in [-0.2, -0.15) is 5.10 Å². The average molecular weight is 525 g/mol. The zero-order valence-electron chi connectivity index (χ0n) is 18.7. The van der Waals surface area contributed by atoms with Crippen LogP contribution in [0.25, 0.3) is 0 Å². The average Bonchev–Trinajstić information content (AvgIpc) is 3.35. The highest BCUT2D eigenvalue weighted by atomic mass is 79.9. The number of hydrogen-bond acceptors (Lipinski definition) is 5. The minimum Gasteiger partial charge on any atom is -0.464 e. The number of carbonyl (C=O) groups is 1. The Labute approximate surface area is 211 Å². The fourth-order valence-electron chi connectivity index (χ4n) is 4.51. The molecular formula is C29H21BrN2O3. The quantitative estimate of drug-likeness (QED) is 0.215. The summed E-state index contributed by atoms with van der Waals surface area (Å²) in [5, 5.41) is 7.05. The van der Waals surface area contributed by atoms with E-state index < -0.39 is 0 Å². The smallest absolute Gasteiger partial charge is 0.343 e. The van der Waals surface area contributed by atoms with Gasteiger partial charge in [0.25, 0.3) is 0 Å². The fourth-order valence-corrected chi connectivity index (χ4v) is 4.78. The standard InChI is InChI=1S/C29H21BrN2O3/c30-22-14-10-19(11-15-22)25-18-26-24-8-4-5-9-27(24)35-28(32(26)31-25)20-12-16-23(17-13-20)34-29(33)21-6-2-1-3-7-21/h1-17,26,28H,18H2/t26-,28+/m0/s1. The van der Waals surface area contributed by atoms with Gasteiger partial charge in [0.2, 0.25) is 6.23 Å². The topological polar surface area (TPSA) is 51.1 Å². The Morgan fingerprint density at radius 1 is 0.886 bits per heavy atom. The van der Waals surface area contributed by atoms with Crippen molar-refractivity contribution in [2.75, 3.05) is 0 Å². The van der Waals surface area contributed by atoms with Crippen molar-refractivity contribution in [1.82, 2.24) is 5.01 Å². The Bertz CT molecular complexity index is 1400. The third-order valence-corrected chi connectivity index (χ3v) is 6.79. The number of hydrogen-bond donors (Lipinski definition) is 0. The minimum absolute atomic E-state index is 0.0826. The molecule has 6 heteroatoms. The first-order valence-corrected chi connectivity index (χ1v) is 12.2. The van der Waals surface area contributed by atoms with Gasteiger partial charge in [0.05, 0.1) is 17.3 Å². The first kappa shape index (κ1) is 21.6. The van der Waals surface area contributed by atoms with Crippen LogP contribution < -0.4 is 9.47 Å². The molecule has 0 bridgehead atoms. The largest absolute Gasteiger partial charge is 0.464 e. The molecule has 0 saturated heterocycles. The van der Waals surface area contributed by atoms with E-state index in [1.807, 2.05) is 65.7 Å². The molecule has 0 fully saturated rings. The molecule has 0 unspecified atom stereocenters. The van der Waals surface area contributed by atoms with Crippen molar-refractivity contribution in [2.45, 2.75) is 18.7 Å². The van der Waals surface area contributed by atoms with Gasteiger partial charge in [-0.05, 0) is 60.2 Å². The molecule has 35 heavy (non-hydrogen) atoms. The van der Waals surface area contributed by atoms with E-state index in [4.69, 9.17) is 14.6 Å². The molecule has 0 aliphatic carbocycles. The van der Waals surface area contributed by atoms with Crippen LogP contribution in [0.3, 0.4) is 0 Å². The Morgan fingerprint density at radius 3 is 2.37 bits per heavy atom. The van der Waals surface area contributed by atoms with Crippen LogP contribution >= 0.6 is 15.9 Å². The molecule has 2 heterocycles. The van der Waals surface area contributed by atoms with Crippen LogP contribution in [0, 0.1) is 0 Å². The summed E-state index contributed by atoms with van der Waals surface area (Å²) in [5.41, 5.74) is 4.71. The van der Waals surface area contributed by atoms with E-state index in [1.165, 1.54) is 0 Å².